The van der Waals surface area contributed by atoms with Crippen LogP contribution < -0.4 is 4.74 Å². The molecule has 2 atom stereocenters. The van der Waals surface area contributed by atoms with Crippen molar-refractivity contribution in [3.8, 4) is 22.9 Å². The normalized spacial score (nSPS) is 16.7. The summed E-state index contributed by atoms with van der Waals surface area (Å²) in [5.74, 6) is 1.47. The van der Waals surface area contributed by atoms with Crippen LogP contribution in [0.4, 0.5) is 0 Å². The molecule has 1 aromatic heterocycles. The van der Waals surface area contributed by atoms with E-state index < -0.39 is 6.10 Å². The number of benzene rings is 2. The van der Waals surface area contributed by atoms with Crippen LogP contribution in [0.25, 0.3) is 11.3 Å². The van der Waals surface area contributed by atoms with Gasteiger partial charge in [-0.15, -0.1) is 0 Å². The minimum atomic E-state index is -0.605. The Bertz CT molecular complexity index is 1090. The molecule has 7 nitrogen and oxygen atoms in total. The number of hydrogen-bond donors (Lipinski definition) is 1. The van der Waals surface area contributed by atoms with E-state index in [1.165, 1.54) is 0 Å². The van der Waals surface area contributed by atoms with E-state index in [1.54, 1.807) is 0 Å². The predicted octanol–water partition coefficient (Wildman–Crippen LogP) is 4.95. The summed E-state index contributed by atoms with van der Waals surface area (Å²) in [4.78, 5) is 2.25. The molecular formula is C29H39N3O4. The van der Waals surface area contributed by atoms with E-state index in [4.69, 9.17) is 19.3 Å². The van der Waals surface area contributed by atoms with Crippen LogP contribution >= 0.6 is 0 Å². The van der Waals surface area contributed by atoms with Crippen molar-refractivity contribution >= 4 is 0 Å². The number of aliphatic hydroxyl groups is 1. The molecule has 1 fully saturated rings. The number of rotatable bonds is 12. The zero-order chi connectivity index (χ0) is 25.5. The van der Waals surface area contributed by atoms with Crippen molar-refractivity contribution in [2.75, 3.05) is 26.3 Å². The van der Waals surface area contributed by atoms with Crippen LogP contribution in [0.2, 0.25) is 0 Å². The Labute approximate surface area is 214 Å². The van der Waals surface area contributed by atoms with E-state index >= 15 is 0 Å². The first-order valence-corrected chi connectivity index (χ1v) is 12.9. The monoisotopic (exact) mass is 493 g/mol. The van der Waals surface area contributed by atoms with E-state index in [0.29, 0.717) is 25.6 Å². The summed E-state index contributed by atoms with van der Waals surface area (Å²) in [6.07, 6.45) is 1.72. The van der Waals surface area contributed by atoms with Crippen LogP contribution in [0, 0.1) is 6.92 Å². The summed E-state index contributed by atoms with van der Waals surface area (Å²) in [7, 11) is 1.91. The van der Waals surface area contributed by atoms with Crippen molar-refractivity contribution < 1.29 is 19.3 Å². The Kier molecular flexibility index (Phi) is 9.15. The second-order valence-corrected chi connectivity index (χ2v) is 9.91. The molecule has 0 saturated carbocycles. The van der Waals surface area contributed by atoms with Crippen molar-refractivity contribution in [2.24, 2.45) is 7.05 Å². The molecule has 1 aliphatic rings. The van der Waals surface area contributed by atoms with Gasteiger partial charge in [0, 0.05) is 38.9 Å². The van der Waals surface area contributed by atoms with Gasteiger partial charge in [0.25, 0.3) is 0 Å². The molecule has 0 aliphatic carbocycles. The number of aliphatic hydroxyl groups excluding tert-OH is 1. The first-order valence-electron chi connectivity index (χ1n) is 12.9. The fraction of sp³-hybridized carbons (Fsp3) is 0.483. The van der Waals surface area contributed by atoms with Gasteiger partial charge in [-0.05, 0) is 51.3 Å². The highest BCUT2D eigenvalue weighted by Gasteiger charge is 2.26. The molecule has 7 heteroatoms. The maximum Gasteiger partial charge on any atom is 0.222 e. The Hall–Kier alpha value is -2.71. The smallest absolute Gasteiger partial charge is 0.222 e. The van der Waals surface area contributed by atoms with Crippen LogP contribution in [0.1, 0.15) is 37.8 Å². The summed E-state index contributed by atoms with van der Waals surface area (Å²) in [6, 6.07) is 18.2. The van der Waals surface area contributed by atoms with Gasteiger partial charge in [0.2, 0.25) is 5.88 Å². The fourth-order valence-corrected chi connectivity index (χ4v) is 4.60. The third-order valence-corrected chi connectivity index (χ3v) is 6.30. The lowest BCUT2D eigenvalue weighted by molar-refractivity contribution is -0.0172. The Balaban J connectivity index is 1.66. The first-order chi connectivity index (χ1) is 17.4. The topological polar surface area (TPSA) is 69.0 Å². The van der Waals surface area contributed by atoms with Gasteiger partial charge in [-0.1, -0.05) is 42.5 Å². The van der Waals surface area contributed by atoms with Gasteiger partial charge in [0.1, 0.15) is 11.4 Å². The average molecular weight is 494 g/mol. The zero-order valence-corrected chi connectivity index (χ0v) is 21.9. The Morgan fingerprint density at radius 2 is 1.97 bits per heavy atom. The molecule has 1 N–H and O–H groups in total. The SMILES string of the molecule is Cc1cccc(Oc2c(CN(C[C@H](O)COC(C)C)C[C@H]3CCCO3)c(-c3ccccc3)nn2C)c1. The highest BCUT2D eigenvalue weighted by Crippen LogP contribution is 2.34. The molecule has 0 spiro atoms. The van der Waals surface area contributed by atoms with E-state index in [0.717, 1.165) is 54.1 Å². The molecule has 3 aromatic rings. The summed E-state index contributed by atoms with van der Waals surface area (Å²) in [5.41, 5.74) is 4.03. The van der Waals surface area contributed by atoms with E-state index in [9.17, 15) is 5.11 Å². The van der Waals surface area contributed by atoms with E-state index in [-0.39, 0.29) is 12.2 Å². The quantitative estimate of drug-likeness (QED) is 0.385. The highest BCUT2D eigenvalue weighted by molar-refractivity contribution is 5.65. The van der Waals surface area contributed by atoms with Crippen molar-refractivity contribution in [1.29, 1.82) is 0 Å². The van der Waals surface area contributed by atoms with Crippen LogP contribution in [0.5, 0.6) is 11.6 Å². The molecular weight excluding hydrogens is 454 g/mol. The summed E-state index contributed by atoms with van der Waals surface area (Å²) in [6.45, 7) is 8.87. The molecule has 1 aliphatic heterocycles. The minimum absolute atomic E-state index is 0.0728. The van der Waals surface area contributed by atoms with Crippen molar-refractivity contribution in [2.45, 2.75) is 58.5 Å². The number of aromatic nitrogens is 2. The second kappa shape index (κ2) is 12.5. The lowest BCUT2D eigenvalue weighted by atomic mass is 10.1. The maximum absolute atomic E-state index is 10.8. The molecule has 0 unspecified atom stereocenters. The summed E-state index contributed by atoms with van der Waals surface area (Å²) < 4.78 is 19.9. The van der Waals surface area contributed by atoms with Gasteiger partial charge in [-0.2, -0.15) is 5.10 Å². The number of hydrogen-bond acceptors (Lipinski definition) is 6. The summed E-state index contributed by atoms with van der Waals surface area (Å²) >= 11 is 0. The van der Waals surface area contributed by atoms with Gasteiger partial charge in [-0.3, -0.25) is 4.90 Å². The van der Waals surface area contributed by atoms with Gasteiger partial charge >= 0.3 is 0 Å². The maximum atomic E-state index is 10.8. The molecule has 2 aromatic carbocycles. The second-order valence-electron chi connectivity index (χ2n) is 9.91. The molecule has 4 rings (SSSR count). The average Bonchev–Trinajstić information content (AvgIpc) is 3.47. The highest BCUT2D eigenvalue weighted by atomic mass is 16.5. The third kappa shape index (κ3) is 7.17. The van der Waals surface area contributed by atoms with Gasteiger partial charge in [0.05, 0.1) is 30.5 Å². The van der Waals surface area contributed by atoms with E-state index in [2.05, 4.69) is 30.0 Å². The number of ether oxygens (including phenoxy) is 3. The molecule has 36 heavy (non-hydrogen) atoms. The largest absolute Gasteiger partial charge is 0.439 e. The third-order valence-electron chi connectivity index (χ3n) is 6.30. The number of aryl methyl sites for hydroxylation is 2. The van der Waals surface area contributed by atoms with Crippen LogP contribution in [-0.4, -0.2) is 64.4 Å². The number of nitrogens with zero attached hydrogens (tertiary/aromatic N) is 3. The van der Waals surface area contributed by atoms with Gasteiger partial charge in [-0.25, -0.2) is 4.68 Å². The van der Waals surface area contributed by atoms with Gasteiger partial charge < -0.3 is 19.3 Å². The molecule has 1 saturated heterocycles. The lowest BCUT2D eigenvalue weighted by Crippen LogP contribution is -2.39. The van der Waals surface area contributed by atoms with Crippen molar-refractivity contribution in [1.82, 2.24) is 14.7 Å². The Morgan fingerprint density at radius 3 is 2.67 bits per heavy atom. The van der Waals surface area contributed by atoms with Gasteiger partial charge in [0.15, 0.2) is 0 Å². The van der Waals surface area contributed by atoms with Crippen LogP contribution in [0.15, 0.2) is 54.6 Å². The minimum Gasteiger partial charge on any atom is -0.439 e. The predicted molar refractivity (Wildman–Crippen MR) is 141 cm³/mol. The van der Waals surface area contributed by atoms with Crippen LogP contribution in [-0.2, 0) is 23.1 Å². The standard InChI is InChI=1S/C29H39N3O4/c1-21(2)35-20-24(33)17-32(18-26-14-9-15-34-26)19-27-28(23-11-6-5-7-12-23)30-31(4)29(27)36-25-13-8-10-22(3)16-25/h5-8,10-13,16,21,24,26,33H,9,14-15,17-20H2,1-4H3/t24-,26+/m0/s1. The Morgan fingerprint density at radius 1 is 1.17 bits per heavy atom. The summed E-state index contributed by atoms with van der Waals surface area (Å²) in [5, 5.41) is 15.7. The van der Waals surface area contributed by atoms with Crippen molar-refractivity contribution in [3.63, 3.8) is 0 Å². The van der Waals surface area contributed by atoms with Crippen LogP contribution in [0.3, 0.4) is 0 Å². The fourth-order valence-electron chi connectivity index (χ4n) is 4.60. The molecule has 0 radical (unpaired) electrons. The molecule has 194 valence electrons. The first kappa shape index (κ1) is 26.4. The van der Waals surface area contributed by atoms with E-state index in [1.807, 2.05) is 62.0 Å². The molecule has 0 bridgehead atoms. The van der Waals surface area contributed by atoms with Crippen molar-refractivity contribution in [3.05, 3.63) is 65.7 Å². The molecule has 2 heterocycles. The zero-order valence-electron chi connectivity index (χ0n) is 21.9. The lowest BCUT2D eigenvalue weighted by Gasteiger charge is -2.28. The molecule has 0 amide bonds.